The highest BCUT2D eigenvalue weighted by Gasteiger charge is 2.08. The van der Waals surface area contributed by atoms with E-state index in [0.717, 1.165) is 3.57 Å². The second kappa shape index (κ2) is 3.50. The van der Waals surface area contributed by atoms with Gasteiger partial charge in [0.05, 0.1) is 4.47 Å². The van der Waals surface area contributed by atoms with Crippen LogP contribution in [-0.2, 0) is 0 Å². The molecule has 0 aliphatic carbocycles. The number of rotatable bonds is 0. The Hall–Kier alpha value is -0.150. The van der Waals surface area contributed by atoms with Gasteiger partial charge in [-0.1, -0.05) is 0 Å². The van der Waals surface area contributed by atoms with Crippen LogP contribution in [0.4, 0.5) is 4.39 Å². The lowest BCUT2D eigenvalue weighted by molar-refractivity contribution is 0.622. The first-order valence-corrected chi connectivity index (χ1v) is 4.57. The topological polar surface area (TPSA) is 23.8 Å². The molecule has 0 radical (unpaired) electrons. The number of nitriles is 1. The largest absolute Gasteiger partial charge is 0.206 e. The molecule has 1 rings (SSSR count). The maximum absolute atomic E-state index is 12.8. The van der Waals surface area contributed by atoms with Gasteiger partial charge >= 0.3 is 0 Å². The Balaban J connectivity index is 3.44. The summed E-state index contributed by atoms with van der Waals surface area (Å²) in [4.78, 5) is 0. The molecule has 1 aromatic rings. The zero-order valence-electron chi connectivity index (χ0n) is 5.24. The summed E-state index contributed by atoms with van der Waals surface area (Å²) in [5.74, 6) is -0.486. The number of hydrogen-bond donors (Lipinski definition) is 0. The van der Waals surface area contributed by atoms with Crippen molar-refractivity contribution in [2.75, 3.05) is 0 Å². The van der Waals surface area contributed by atoms with E-state index in [2.05, 4.69) is 15.9 Å². The second-order valence-electron chi connectivity index (χ2n) is 1.83. The van der Waals surface area contributed by atoms with Gasteiger partial charge in [0.1, 0.15) is 17.4 Å². The zero-order chi connectivity index (χ0) is 8.43. The fourth-order valence-electron chi connectivity index (χ4n) is 0.630. The van der Waals surface area contributed by atoms with Gasteiger partial charge < -0.3 is 0 Å². The number of halogens is 3. The summed E-state index contributed by atoms with van der Waals surface area (Å²) < 4.78 is 14.1. The molecule has 0 fully saturated rings. The third kappa shape index (κ3) is 1.71. The Bertz CT molecular complexity index is 332. The van der Waals surface area contributed by atoms with E-state index in [1.54, 1.807) is 12.1 Å². The molecule has 1 aromatic carbocycles. The Kier molecular flexibility index (Phi) is 2.84. The van der Waals surface area contributed by atoms with Crippen LogP contribution in [0.15, 0.2) is 16.6 Å². The summed E-state index contributed by atoms with van der Waals surface area (Å²) in [6.07, 6.45) is 0. The summed E-state index contributed by atoms with van der Waals surface area (Å²) in [6, 6.07) is 4.67. The highest BCUT2D eigenvalue weighted by Crippen LogP contribution is 2.24. The standard InChI is InChI=1S/C7H2BrFIN/c8-7-4(3-11)5(9)1-2-6(7)10/h1-2H. The van der Waals surface area contributed by atoms with E-state index in [1.165, 1.54) is 6.07 Å². The molecule has 0 heterocycles. The van der Waals surface area contributed by atoms with E-state index in [4.69, 9.17) is 5.26 Å². The molecule has 1 nitrogen and oxygen atoms in total. The molecule has 0 amide bonds. The van der Waals surface area contributed by atoms with Gasteiger partial charge in [-0.05, 0) is 50.7 Å². The van der Waals surface area contributed by atoms with E-state index in [1.807, 2.05) is 22.6 Å². The molecule has 4 heteroatoms. The average Bonchev–Trinajstić information content (AvgIpc) is 1.99. The molecule has 11 heavy (non-hydrogen) atoms. The quantitative estimate of drug-likeness (QED) is 0.531. The van der Waals surface area contributed by atoms with Crippen LogP contribution in [0.25, 0.3) is 0 Å². The average molecular weight is 326 g/mol. The molecule has 0 aliphatic rings. The summed E-state index contributed by atoms with van der Waals surface area (Å²) in [6.45, 7) is 0. The van der Waals surface area contributed by atoms with Crippen LogP contribution in [0.5, 0.6) is 0 Å². The van der Waals surface area contributed by atoms with Crippen molar-refractivity contribution < 1.29 is 4.39 Å². The Morgan fingerprint density at radius 2 is 2.18 bits per heavy atom. The van der Waals surface area contributed by atoms with E-state index in [0.29, 0.717) is 4.47 Å². The van der Waals surface area contributed by atoms with Gasteiger partial charge in [0, 0.05) is 3.57 Å². The van der Waals surface area contributed by atoms with E-state index >= 15 is 0 Å². The van der Waals surface area contributed by atoms with Gasteiger partial charge in [-0.2, -0.15) is 5.26 Å². The number of nitrogens with zero attached hydrogens (tertiary/aromatic N) is 1. The van der Waals surface area contributed by atoms with Crippen LogP contribution in [0, 0.1) is 20.7 Å². The summed E-state index contributed by atoms with van der Waals surface area (Å²) in [5, 5.41) is 8.50. The summed E-state index contributed by atoms with van der Waals surface area (Å²) in [5.41, 5.74) is 0.0666. The molecule has 0 atom stereocenters. The highest BCUT2D eigenvalue weighted by atomic mass is 127. The Morgan fingerprint density at radius 3 is 2.64 bits per heavy atom. The summed E-state index contributed by atoms with van der Waals surface area (Å²) in [7, 11) is 0. The highest BCUT2D eigenvalue weighted by molar-refractivity contribution is 14.1. The van der Waals surface area contributed by atoms with E-state index in [9.17, 15) is 4.39 Å². The van der Waals surface area contributed by atoms with Crippen molar-refractivity contribution in [2.24, 2.45) is 0 Å². The number of hydrogen-bond acceptors (Lipinski definition) is 1. The smallest absolute Gasteiger partial charge is 0.142 e. The van der Waals surface area contributed by atoms with E-state index < -0.39 is 5.82 Å². The second-order valence-corrected chi connectivity index (χ2v) is 3.79. The van der Waals surface area contributed by atoms with Crippen molar-refractivity contribution in [3.63, 3.8) is 0 Å². The zero-order valence-corrected chi connectivity index (χ0v) is 8.98. The molecule has 0 spiro atoms. The molecule has 0 saturated heterocycles. The first-order valence-electron chi connectivity index (χ1n) is 2.70. The molecular formula is C7H2BrFIN. The maximum Gasteiger partial charge on any atom is 0.142 e. The lowest BCUT2D eigenvalue weighted by Gasteiger charge is -1.98. The predicted octanol–water partition coefficient (Wildman–Crippen LogP) is 3.06. The Morgan fingerprint density at radius 1 is 1.55 bits per heavy atom. The fraction of sp³-hybridized carbons (Fsp3) is 0. The van der Waals surface area contributed by atoms with Crippen molar-refractivity contribution in [3.05, 3.63) is 31.6 Å². The van der Waals surface area contributed by atoms with Gasteiger partial charge in [-0.15, -0.1) is 0 Å². The van der Waals surface area contributed by atoms with Gasteiger partial charge in [0.15, 0.2) is 0 Å². The molecule has 0 aliphatic heterocycles. The first-order chi connectivity index (χ1) is 5.16. The van der Waals surface area contributed by atoms with Gasteiger partial charge in [0.2, 0.25) is 0 Å². The molecule has 0 saturated carbocycles. The minimum atomic E-state index is -0.486. The normalized spacial score (nSPS) is 9.27. The van der Waals surface area contributed by atoms with Gasteiger partial charge in [-0.25, -0.2) is 4.39 Å². The molecule has 56 valence electrons. The van der Waals surface area contributed by atoms with Gasteiger partial charge in [-0.3, -0.25) is 0 Å². The monoisotopic (exact) mass is 325 g/mol. The SMILES string of the molecule is N#Cc1c(F)ccc(I)c1Br. The van der Waals surface area contributed by atoms with Crippen molar-refractivity contribution >= 4 is 38.5 Å². The first kappa shape index (κ1) is 8.94. The van der Waals surface area contributed by atoms with Crippen LogP contribution in [0.3, 0.4) is 0 Å². The molecule has 0 bridgehead atoms. The van der Waals surface area contributed by atoms with Crippen molar-refractivity contribution in [3.8, 4) is 6.07 Å². The van der Waals surface area contributed by atoms with Crippen molar-refractivity contribution in [1.29, 1.82) is 5.26 Å². The summed E-state index contributed by atoms with van der Waals surface area (Å²) >= 11 is 5.15. The molecule has 0 aromatic heterocycles. The van der Waals surface area contributed by atoms with Crippen LogP contribution in [0.1, 0.15) is 5.56 Å². The van der Waals surface area contributed by atoms with Crippen molar-refractivity contribution in [2.45, 2.75) is 0 Å². The minimum absolute atomic E-state index is 0.0666. The third-order valence-corrected chi connectivity index (χ3v) is 3.62. The predicted molar refractivity (Wildman–Crippen MR) is 51.5 cm³/mol. The van der Waals surface area contributed by atoms with Crippen LogP contribution in [-0.4, -0.2) is 0 Å². The van der Waals surface area contributed by atoms with Crippen LogP contribution in [0.2, 0.25) is 0 Å². The van der Waals surface area contributed by atoms with Gasteiger partial charge in [0.25, 0.3) is 0 Å². The lowest BCUT2D eigenvalue weighted by atomic mass is 10.2. The molecule has 0 N–H and O–H groups in total. The fourth-order valence-corrected chi connectivity index (χ4v) is 1.49. The Labute approximate surface area is 85.5 Å². The van der Waals surface area contributed by atoms with Crippen molar-refractivity contribution in [1.82, 2.24) is 0 Å². The molecule has 0 unspecified atom stereocenters. The third-order valence-electron chi connectivity index (χ3n) is 1.16. The number of benzene rings is 1. The lowest BCUT2D eigenvalue weighted by Crippen LogP contribution is -1.87. The van der Waals surface area contributed by atoms with E-state index in [-0.39, 0.29) is 5.56 Å². The maximum atomic E-state index is 12.8. The minimum Gasteiger partial charge on any atom is -0.206 e. The van der Waals surface area contributed by atoms with Crippen LogP contribution < -0.4 is 0 Å². The molecular weight excluding hydrogens is 324 g/mol. The van der Waals surface area contributed by atoms with Crippen LogP contribution >= 0.6 is 38.5 Å².